The molecule has 2 N–H and O–H groups in total. The molecular formula is C17H20FN. The third kappa shape index (κ3) is 4.18. The van der Waals surface area contributed by atoms with Crippen LogP contribution in [0.3, 0.4) is 0 Å². The van der Waals surface area contributed by atoms with Crippen LogP contribution in [0.25, 0.3) is 0 Å². The van der Waals surface area contributed by atoms with Gasteiger partial charge in [0.25, 0.3) is 0 Å². The van der Waals surface area contributed by atoms with Crippen LogP contribution in [0.2, 0.25) is 0 Å². The van der Waals surface area contributed by atoms with Gasteiger partial charge in [0.15, 0.2) is 0 Å². The van der Waals surface area contributed by atoms with Crippen molar-refractivity contribution in [1.82, 2.24) is 0 Å². The molecule has 2 rings (SSSR count). The lowest BCUT2D eigenvalue weighted by molar-refractivity contribution is 0.592. The molecule has 0 aliphatic rings. The highest BCUT2D eigenvalue weighted by molar-refractivity contribution is 5.26. The van der Waals surface area contributed by atoms with Gasteiger partial charge in [-0.15, -0.1) is 0 Å². The minimum atomic E-state index is -0.200. The summed E-state index contributed by atoms with van der Waals surface area (Å²) in [6.07, 6.45) is 2.90. The Kier molecular flexibility index (Phi) is 4.69. The molecule has 0 aliphatic carbocycles. The number of nitrogens with two attached hydrogens (primary N) is 1. The van der Waals surface area contributed by atoms with Crippen LogP contribution in [0.15, 0.2) is 48.5 Å². The van der Waals surface area contributed by atoms with Gasteiger partial charge in [0.2, 0.25) is 0 Å². The topological polar surface area (TPSA) is 26.0 Å². The molecule has 0 aliphatic heterocycles. The third-order valence-corrected chi connectivity index (χ3v) is 3.32. The van der Waals surface area contributed by atoms with E-state index in [4.69, 9.17) is 5.73 Å². The molecule has 19 heavy (non-hydrogen) atoms. The van der Waals surface area contributed by atoms with Crippen molar-refractivity contribution in [3.05, 3.63) is 71.0 Å². The molecule has 0 saturated heterocycles. The summed E-state index contributed by atoms with van der Waals surface area (Å²) in [6, 6.07) is 15.3. The lowest BCUT2D eigenvalue weighted by Gasteiger charge is -2.13. The first-order valence-corrected chi connectivity index (χ1v) is 6.72. The zero-order valence-corrected chi connectivity index (χ0v) is 11.3. The number of benzene rings is 2. The molecule has 0 bridgehead atoms. The summed E-state index contributed by atoms with van der Waals surface area (Å²) in [5, 5.41) is 0. The molecule has 0 fully saturated rings. The van der Waals surface area contributed by atoms with Crippen molar-refractivity contribution in [2.24, 2.45) is 5.73 Å². The number of aryl methyl sites for hydroxylation is 2. The van der Waals surface area contributed by atoms with E-state index in [0.717, 1.165) is 30.4 Å². The first-order valence-electron chi connectivity index (χ1n) is 6.72. The van der Waals surface area contributed by atoms with Gasteiger partial charge in [-0.25, -0.2) is 4.39 Å². The predicted molar refractivity (Wildman–Crippen MR) is 77.4 cm³/mol. The highest BCUT2D eigenvalue weighted by Gasteiger charge is 2.08. The van der Waals surface area contributed by atoms with E-state index >= 15 is 0 Å². The fourth-order valence-electron chi connectivity index (χ4n) is 2.32. The summed E-state index contributed by atoms with van der Waals surface area (Å²) in [6.45, 7) is 1.89. The average Bonchev–Trinajstić information content (AvgIpc) is 2.38. The summed E-state index contributed by atoms with van der Waals surface area (Å²) in [5.41, 5.74) is 9.27. The summed E-state index contributed by atoms with van der Waals surface area (Å²) in [4.78, 5) is 0. The van der Waals surface area contributed by atoms with Crippen molar-refractivity contribution in [2.75, 3.05) is 0 Å². The molecular weight excluding hydrogens is 237 g/mol. The Bertz CT molecular complexity index is 502. The van der Waals surface area contributed by atoms with Crippen LogP contribution in [0.4, 0.5) is 4.39 Å². The van der Waals surface area contributed by atoms with E-state index in [-0.39, 0.29) is 11.9 Å². The minimum Gasteiger partial charge on any atom is -0.324 e. The predicted octanol–water partition coefficient (Wildman–Crippen LogP) is 4.16. The normalized spacial score (nSPS) is 12.4. The van der Waals surface area contributed by atoms with Gasteiger partial charge in [0.05, 0.1) is 0 Å². The maximum absolute atomic E-state index is 13.3. The standard InChI is InChI=1S/C17H20FN/c1-13-10-15(12-16(18)11-13)17(19)9-5-8-14-6-3-2-4-7-14/h2-4,6-7,10-12,17H,5,8-9,19H2,1H3. The van der Waals surface area contributed by atoms with Crippen molar-refractivity contribution in [3.63, 3.8) is 0 Å². The lowest BCUT2D eigenvalue weighted by atomic mass is 9.98. The van der Waals surface area contributed by atoms with Crippen molar-refractivity contribution in [1.29, 1.82) is 0 Å². The van der Waals surface area contributed by atoms with E-state index in [1.807, 2.05) is 31.2 Å². The zero-order chi connectivity index (χ0) is 13.7. The molecule has 0 radical (unpaired) electrons. The maximum Gasteiger partial charge on any atom is 0.123 e. The van der Waals surface area contributed by atoms with E-state index in [9.17, 15) is 4.39 Å². The van der Waals surface area contributed by atoms with E-state index in [1.54, 1.807) is 6.07 Å². The van der Waals surface area contributed by atoms with Crippen molar-refractivity contribution < 1.29 is 4.39 Å². The van der Waals surface area contributed by atoms with Crippen LogP contribution in [-0.2, 0) is 6.42 Å². The number of hydrogen-bond acceptors (Lipinski definition) is 1. The zero-order valence-electron chi connectivity index (χ0n) is 11.3. The first-order chi connectivity index (χ1) is 9.15. The van der Waals surface area contributed by atoms with E-state index in [1.165, 1.54) is 11.6 Å². The number of halogens is 1. The molecule has 0 amide bonds. The monoisotopic (exact) mass is 257 g/mol. The van der Waals surface area contributed by atoms with Crippen molar-refractivity contribution in [2.45, 2.75) is 32.2 Å². The Morgan fingerprint density at radius 1 is 1.11 bits per heavy atom. The molecule has 0 aromatic heterocycles. The van der Waals surface area contributed by atoms with Gasteiger partial charge >= 0.3 is 0 Å². The lowest BCUT2D eigenvalue weighted by Crippen LogP contribution is -2.11. The Labute approximate surface area is 114 Å². The summed E-state index contributed by atoms with van der Waals surface area (Å²) in [5.74, 6) is -0.200. The van der Waals surface area contributed by atoms with Crippen LogP contribution in [0, 0.1) is 12.7 Å². The Morgan fingerprint density at radius 3 is 2.53 bits per heavy atom. The molecule has 0 saturated carbocycles. The van der Waals surface area contributed by atoms with E-state index in [0.29, 0.717) is 0 Å². The quantitative estimate of drug-likeness (QED) is 0.855. The SMILES string of the molecule is Cc1cc(F)cc(C(N)CCCc2ccccc2)c1. The highest BCUT2D eigenvalue weighted by Crippen LogP contribution is 2.19. The summed E-state index contributed by atoms with van der Waals surface area (Å²) < 4.78 is 13.3. The second kappa shape index (κ2) is 6.48. The fourth-order valence-corrected chi connectivity index (χ4v) is 2.32. The van der Waals surface area contributed by atoms with Gasteiger partial charge in [-0.05, 0) is 55.0 Å². The highest BCUT2D eigenvalue weighted by atomic mass is 19.1. The molecule has 2 aromatic rings. The molecule has 2 heteroatoms. The molecule has 1 unspecified atom stereocenters. The smallest absolute Gasteiger partial charge is 0.123 e. The fraction of sp³-hybridized carbons (Fsp3) is 0.294. The molecule has 1 atom stereocenters. The van der Waals surface area contributed by atoms with Gasteiger partial charge in [-0.1, -0.05) is 36.4 Å². The van der Waals surface area contributed by atoms with Crippen LogP contribution in [0.5, 0.6) is 0 Å². The van der Waals surface area contributed by atoms with Crippen LogP contribution < -0.4 is 5.73 Å². The number of rotatable bonds is 5. The minimum absolute atomic E-state index is 0.0851. The molecule has 1 nitrogen and oxygen atoms in total. The van der Waals surface area contributed by atoms with Gasteiger partial charge in [-0.3, -0.25) is 0 Å². The summed E-state index contributed by atoms with van der Waals surface area (Å²) >= 11 is 0. The largest absolute Gasteiger partial charge is 0.324 e. The Balaban J connectivity index is 1.89. The second-order valence-corrected chi connectivity index (χ2v) is 5.05. The molecule has 0 heterocycles. The van der Waals surface area contributed by atoms with E-state index in [2.05, 4.69) is 12.1 Å². The molecule has 100 valence electrons. The van der Waals surface area contributed by atoms with Crippen LogP contribution in [0.1, 0.15) is 35.6 Å². The van der Waals surface area contributed by atoms with Gasteiger partial charge in [0.1, 0.15) is 5.82 Å². The van der Waals surface area contributed by atoms with Crippen LogP contribution in [-0.4, -0.2) is 0 Å². The first kappa shape index (κ1) is 13.8. The van der Waals surface area contributed by atoms with Gasteiger partial charge in [0, 0.05) is 6.04 Å². The van der Waals surface area contributed by atoms with Gasteiger partial charge < -0.3 is 5.73 Å². The van der Waals surface area contributed by atoms with Crippen LogP contribution >= 0.6 is 0 Å². The Morgan fingerprint density at radius 2 is 1.84 bits per heavy atom. The second-order valence-electron chi connectivity index (χ2n) is 5.05. The molecule has 2 aromatic carbocycles. The van der Waals surface area contributed by atoms with Crippen molar-refractivity contribution >= 4 is 0 Å². The third-order valence-electron chi connectivity index (χ3n) is 3.32. The van der Waals surface area contributed by atoms with E-state index < -0.39 is 0 Å². The summed E-state index contributed by atoms with van der Waals surface area (Å²) in [7, 11) is 0. The average molecular weight is 257 g/mol. The number of hydrogen-bond donors (Lipinski definition) is 1. The maximum atomic E-state index is 13.3. The molecule has 0 spiro atoms. The Hall–Kier alpha value is -1.67. The van der Waals surface area contributed by atoms with Crippen molar-refractivity contribution in [3.8, 4) is 0 Å². The van der Waals surface area contributed by atoms with Gasteiger partial charge in [-0.2, -0.15) is 0 Å².